The number of H-pyrrole nitrogens is 1. The maximum atomic E-state index is 14.0. The lowest BCUT2D eigenvalue weighted by atomic mass is 9.96. The van der Waals surface area contributed by atoms with E-state index in [0.717, 1.165) is 65.1 Å². The first-order valence-electron chi connectivity index (χ1n) is 17.1. The largest absolute Gasteiger partial charge is 0.490 e. The first-order valence-corrected chi connectivity index (χ1v) is 17.1. The van der Waals surface area contributed by atoms with Gasteiger partial charge >= 0.3 is 5.76 Å². The lowest BCUT2D eigenvalue weighted by Gasteiger charge is -2.23. The Morgan fingerprint density at radius 2 is 1.53 bits per heavy atom. The Hall–Kier alpha value is -4.72. The molecule has 0 bridgehead atoms. The molecule has 3 aromatic carbocycles. The van der Waals surface area contributed by atoms with Gasteiger partial charge in [0.05, 0.1) is 17.5 Å². The number of benzene rings is 3. The maximum absolute atomic E-state index is 14.0. The van der Waals surface area contributed by atoms with E-state index in [2.05, 4.69) is 17.1 Å². The number of nitrogens with one attached hydrogen (secondary N) is 1. The molecule has 5 aromatic rings. The standard InChI is InChI=1S/C35H36N4O4.2C2H6/c1-3-9-32-31(22-24-14-16-25(17-15-24)29-12-7-8-13-30(29)33-37-35(41)43-38-33)34(40)39(23(2)36-32)26-18-20-28(21-19-26)42-27-10-5-4-6-11-27;2*1-2/h7-8,12-21,27H,3-6,9-11,22H2,1-2H3,(H,37,38,41);2*1-2H3. The third-order valence-corrected chi connectivity index (χ3v) is 8.13. The molecule has 8 nitrogen and oxygen atoms in total. The smallest absolute Gasteiger partial charge is 0.439 e. The molecule has 1 aliphatic rings. The van der Waals surface area contributed by atoms with E-state index in [4.69, 9.17) is 14.2 Å². The Morgan fingerprint density at radius 1 is 0.872 bits per heavy atom. The molecule has 0 amide bonds. The van der Waals surface area contributed by atoms with Crippen LogP contribution >= 0.6 is 0 Å². The van der Waals surface area contributed by atoms with Crippen molar-refractivity contribution in [2.75, 3.05) is 0 Å². The van der Waals surface area contributed by atoms with Crippen molar-refractivity contribution in [1.82, 2.24) is 19.7 Å². The van der Waals surface area contributed by atoms with Crippen molar-refractivity contribution in [3.63, 3.8) is 0 Å². The van der Waals surface area contributed by atoms with E-state index in [1.54, 1.807) is 4.57 Å². The number of aromatic amines is 1. The Balaban J connectivity index is 0.00000120. The summed E-state index contributed by atoms with van der Waals surface area (Å²) in [6, 6.07) is 23.6. The molecule has 0 aliphatic heterocycles. The van der Waals surface area contributed by atoms with Gasteiger partial charge in [0, 0.05) is 17.5 Å². The molecule has 1 N–H and O–H groups in total. The molecule has 47 heavy (non-hydrogen) atoms. The number of aryl methyl sites for hydroxylation is 2. The summed E-state index contributed by atoms with van der Waals surface area (Å²) < 4.78 is 12.6. The predicted molar refractivity (Wildman–Crippen MR) is 190 cm³/mol. The minimum absolute atomic E-state index is 0.0405. The number of ether oxygens (including phenoxy) is 1. The van der Waals surface area contributed by atoms with Gasteiger partial charge in [-0.05, 0) is 80.0 Å². The fraction of sp³-hybridized carbons (Fsp3) is 0.385. The second kappa shape index (κ2) is 17.3. The van der Waals surface area contributed by atoms with Crippen LogP contribution in [0.5, 0.6) is 5.75 Å². The third kappa shape index (κ3) is 8.56. The van der Waals surface area contributed by atoms with Gasteiger partial charge in [-0.1, -0.05) is 101 Å². The van der Waals surface area contributed by atoms with Gasteiger partial charge < -0.3 is 4.74 Å². The van der Waals surface area contributed by atoms with E-state index in [-0.39, 0.29) is 11.7 Å². The van der Waals surface area contributed by atoms with Crippen molar-refractivity contribution >= 4 is 0 Å². The molecule has 2 heterocycles. The van der Waals surface area contributed by atoms with Crippen LogP contribution in [0.2, 0.25) is 0 Å². The van der Waals surface area contributed by atoms with Gasteiger partial charge in [0.1, 0.15) is 11.6 Å². The van der Waals surface area contributed by atoms with Gasteiger partial charge in [0.15, 0.2) is 5.82 Å². The number of nitrogens with zero attached hydrogens (tertiary/aromatic N) is 3. The van der Waals surface area contributed by atoms with E-state index in [1.807, 2.05) is 107 Å². The van der Waals surface area contributed by atoms with Gasteiger partial charge in [-0.25, -0.2) is 9.78 Å². The fourth-order valence-electron chi connectivity index (χ4n) is 5.99. The average Bonchev–Trinajstić information content (AvgIpc) is 3.56. The zero-order valence-electron chi connectivity index (χ0n) is 28.6. The Bertz CT molecular complexity index is 1810. The van der Waals surface area contributed by atoms with Crippen LogP contribution in [-0.2, 0) is 12.8 Å². The van der Waals surface area contributed by atoms with Gasteiger partial charge in [-0.15, -0.1) is 0 Å². The summed E-state index contributed by atoms with van der Waals surface area (Å²) in [6.45, 7) is 12.0. The lowest BCUT2D eigenvalue weighted by Crippen LogP contribution is -2.28. The SMILES string of the molecule is CC.CC.CCCc1nc(C)n(-c2ccc(OC3CCCCC3)cc2)c(=O)c1Cc1ccc(-c2ccccc2-c2noc(=O)[nH]2)cc1. The molecule has 1 fully saturated rings. The van der Waals surface area contributed by atoms with Crippen LogP contribution in [0.4, 0.5) is 0 Å². The van der Waals surface area contributed by atoms with Crippen molar-refractivity contribution in [1.29, 1.82) is 0 Å². The van der Waals surface area contributed by atoms with Crippen LogP contribution in [0.1, 0.15) is 95.8 Å². The minimum Gasteiger partial charge on any atom is -0.490 e. The van der Waals surface area contributed by atoms with Crippen LogP contribution < -0.4 is 16.1 Å². The van der Waals surface area contributed by atoms with Gasteiger partial charge in [0.25, 0.3) is 5.56 Å². The molecule has 6 rings (SSSR count). The maximum Gasteiger partial charge on any atom is 0.439 e. The van der Waals surface area contributed by atoms with Crippen molar-refractivity contribution in [2.45, 2.75) is 99.0 Å². The Labute approximate surface area is 277 Å². The van der Waals surface area contributed by atoms with Gasteiger partial charge in [-0.3, -0.25) is 18.9 Å². The van der Waals surface area contributed by atoms with Crippen LogP contribution in [0.3, 0.4) is 0 Å². The molecule has 0 radical (unpaired) electrons. The van der Waals surface area contributed by atoms with Crippen molar-refractivity contribution in [2.24, 2.45) is 0 Å². The summed E-state index contributed by atoms with van der Waals surface area (Å²) in [4.78, 5) is 33.1. The fourth-order valence-corrected chi connectivity index (χ4v) is 5.99. The second-order valence-electron chi connectivity index (χ2n) is 11.2. The van der Waals surface area contributed by atoms with Crippen LogP contribution in [0, 0.1) is 6.92 Å². The van der Waals surface area contributed by atoms with E-state index >= 15 is 0 Å². The summed E-state index contributed by atoms with van der Waals surface area (Å²) in [5, 5.41) is 3.86. The first-order chi connectivity index (χ1) is 23.0. The molecule has 0 atom stereocenters. The van der Waals surface area contributed by atoms with Crippen molar-refractivity contribution in [3.05, 3.63) is 116 Å². The average molecular weight is 637 g/mol. The molecule has 1 saturated carbocycles. The van der Waals surface area contributed by atoms with E-state index in [9.17, 15) is 9.59 Å². The minimum atomic E-state index is -0.593. The van der Waals surface area contributed by atoms with Crippen LogP contribution in [0.15, 0.2) is 86.9 Å². The molecule has 1 aliphatic carbocycles. The number of hydrogen-bond acceptors (Lipinski definition) is 6. The lowest BCUT2D eigenvalue weighted by molar-refractivity contribution is 0.155. The predicted octanol–water partition coefficient (Wildman–Crippen LogP) is 8.86. The zero-order valence-corrected chi connectivity index (χ0v) is 28.6. The molecule has 248 valence electrons. The molecule has 0 unspecified atom stereocenters. The molecule has 0 spiro atoms. The Morgan fingerprint density at radius 3 is 2.15 bits per heavy atom. The van der Waals surface area contributed by atoms with E-state index in [0.29, 0.717) is 23.6 Å². The highest BCUT2D eigenvalue weighted by atomic mass is 16.5. The normalized spacial score (nSPS) is 12.8. The number of rotatable bonds is 9. The van der Waals surface area contributed by atoms with Gasteiger partial charge in [-0.2, -0.15) is 0 Å². The van der Waals surface area contributed by atoms with Crippen LogP contribution in [0.25, 0.3) is 28.2 Å². The number of aromatic nitrogens is 4. The summed E-state index contributed by atoms with van der Waals surface area (Å²) in [6.07, 6.45) is 8.31. The molecule has 0 saturated heterocycles. The van der Waals surface area contributed by atoms with Crippen molar-refractivity contribution in [3.8, 4) is 34.0 Å². The highest BCUT2D eigenvalue weighted by molar-refractivity contribution is 5.80. The van der Waals surface area contributed by atoms with E-state index < -0.39 is 5.76 Å². The quantitative estimate of drug-likeness (QED) is 0.173. The number of hydrogen-bond donors (Lipinski definition) is 1. The van der Waals surface area contributed by atoms with E-state index in [1.165, 1.54) is 19.3 Å². The van der Waals surface area contributed by atoms with Crippen LogP contribution in [-0.4, -0.2) is 25.8 Å². The molecule has 8 heteroatoms. The summed E-state index contributed by atoms with van der Waals surface area (Å²) in [5.74, 6) is 1.31. The Kier molecular flexibility index (Phi) is 12.9. The highest BCUT2D eigenvalue weighted by Crippen LogP contribution is 2.30. The molecule has 2 aromatic heterocycles. The zero-order chi connectivity index (χ0) is 33.8. The second-order valence-corrected chi connectivity index (χ2v) is 11.2. The highest BCUT2D eigenvalue weighted by Gasteiger charge is 2.18. The molecular weight excluding hydrogens is 588 g/mol. The summed E-state index contributed by atoms with van der Waals surface area (Å²) >= 11 is 0. The first kappa shape index (κ1) is 35.1. The summed E-state index contributed by atoms with van der Waals surface area (Å²) in [7, 11) is 0. The molecular formula is C39H48N4O4. The third-order valence-electron chi connectivity index (χ3n) is 8.13. The summed E-state index contributed by atoms with van der Waals surface area (Å²) in [5.41, 5.74) is 5.97. The van der Waals surface area contributed by atoms with Crippen molar-refractivity contribution < 1.29 is 9.26 Å². The monoisotopic (exact) mass is 636 g/mol. The van der Waals surface area contributed by atoms with Gasteiger partial charge in [0.2, 0.25) is 0 Å². The topological polar surface area (TPSA) is 103 Å².